The Hall–Kier alpha value is -1.39. The third-order valence-corrected chi connectivity index (χ3v) is 2.47. The average Bonchev–Trinajstić information content (AvgIpc) is 2.36. The van der Waals surface area contributed by atoms with Gasteiger partial charge in [-0.2, -0.15) is 0 Å². The van der Waals surface area contributed by atoms with E-state index in [1.165, 1.54) is 0 Å². The van der Waals surface area contributed by atoms with Crippen LogP contribution in [0.1, 0.15) is 17.5 Å². The predicted octanol–water partition coefficient (Wildman–Crippen LogP) is 0.841. The molecule has 0 aliphatic rings. The summed E-state index contributed by atoms with van der Waals surface area (Å²) in [7, 11) is 1.65. The number of hydrogen-bond donors (Lipinski definition) is 2. The van der Waals surface area contributed by atoms with Gasteiger partial charge in [0, 0.05) is 26.8 Å². The first-order chi connectivity index (χ1) is 8.26. The van der Waals surface area contributed by atoms with Gasteiger partial charge < -0.3 is 15.8 Å². The number of methoxy groups -OCH3 is 1. The fourth-order valence-electron chi connectivity index (χ4n) is 1.49. The summed E-state index contributed by atoms with van der Waals surface area (Å²) in [5, 5.41) is 2.85. The van der Waals surface area contributed by atoms with E-state index in [4.69, 9.17) is 10.5 Å². The monoisotopic (exact) mass is 236 g/mol. The summed E-state index contributed by atoms with van der Waals surface area (Å²) in [6.07, 6.45) is 1.26. The molecule has 3 N–H and O–H groups in total. The van der Waals surface area contributed by atoms with Crippen molar-refractivity contribution in [3.63, 3.8) is 0 Å². The van der Waals surface area contributed by atoms with Crippen LogP contribution in [0.15, 0.2) is 24.3 Å². The van der Waals surface area contributed by atoms with E-state index in [2.05, 4.69) is 5.32 Å². The highest BCUT2D eigenvalue weighted by atomic mass is 16.5. The first kappa shape index (κ1) is 13.7. The lowest BCUT2D eigenvalue weighted by Gasteiger charge is -2.05. The van der Waals surface area contributed by atoms with Gasteiger partial charge in [-0.25, -0.2) is 0 Å². The summed E-state index contributed by atoms with van der Waals surface area (Å²) in [5.74, 6) is 0.0431. The minimum absolute atomic E-state index is 0.0431. The molecule has 4 nitrogen and oxygen atoms in total. The normalized spacial score (nSPS) is 10.2. The Bertz CT molecular complexity index is 336. The van der Waals surface area contributed by atoms with Crippen molar-refractivity contribution in [1.29, 1.82) is 0 Å². The fraction of sp³-hybridized carbons (Fsp3) is 0.462. The largest absolute Gasteiger partial charge is 0.385 e. The van der Waals surface area contributed by atoms with Crippen molar-refractivity contribution in [2.45, 2.75) is 19.4 Å². The molecular formula is C13H20N2O2. The number of nitrogens with two attached hydrogens (primary N) is 1. The van der Waals surface area contributed by atoms with Gasteiger partial charge in [-0.1, -0.05) is 24.3 Å². The second-order valence-corrected chi connectivity index (χ2v) is 3.89. The number of benzene rings is 1. The molecule has 0 aromatic heterocycles. The highest BCUT2D eigenvalue weighted by Crippen LogP contribution is 2.04. The van der Waals surface area contributed by atoms with Crippen LogP contribution in [0.5, 0.6) is 0 Å². The Balaban J connectivity index is 2.29. The van der Waals surface area contributed by atoms with Crippen molar-refractivity contribution in [1.82, 2.24) is 5.32 Å². The predicted molar refractivity (Wildman–Crippen MR) is 67.5 cm³/mol. The molecule has 0 fully saturated rings. The number of ether oxygens (including phenoxy) is 1. The Labute approximate surface area is 102 Å². The number of rotatable bonds is 7. The van der Waals surface area contributed by atoms with Crippen LogP contribution in [0.25, 0.3) is 0 Å². The van der Waals surface area contributed by atoms with Crippen molar-refractivity contribution in [3.8, 4) is 0 Å². The van der Waals surface area contributed by atoms with E-state index in [1.54, 1.807) is 7.11 Å². The number of amides is 1. The van der Waals surface area contributed by atoms with Crippen molar-refractivity contribution >= 4 is 5.91 Å². The van der Waals surface area contributed by atoms with E-state index in [9.17, 15) is 4.79 Å². The molecule has 0 radical (unpaired) electrons. The van der Waals surface area contributed by atoms with Crippen LogP contribution in [0.3, 0.4) is 0 Å². The number of carbonyl (C=O) groups is 1. The molecule has 94 valence electrons. The van der Waals surface area contributed by atoms with E-state index in [-0.39, 0.29) is 5.91 Å². The molecule has 17 heavy (non-hydrogen) atoms. The lowest BCUT2D eigenvalue weighted by molar-refractivity contribution is -0.120. The van der Waals surface area contributed by atoms with Gasteiger partial charge in [0.15, 0.2) is 0 Å². The maximum Gasteiger partial charge on any atom is 0.224 e. The molecule has 4 heteroatoms. The topological polar surface area (TPSA) is 64.3 Å². The Kier molecular flexibility index (Phi) is 6.29. The average molecular weight is 236 g/mol. The Morgan fingerprint density at radius 3 is 2.53 bits per heavy atom. The highest BCUT2D eigenvalue weighted by molar-refractivity contribution is 5.78. The van der Waals surface area contributed by atoms with Crippen molar-refractivity contribution in [3.05, 3.63) is 35.4 Å². The quantitative estimate of drug-likeness (QED) is 0.690. The minimum atomic E-state index is 0.0431. The zero-order valence-electron chi connectivity index (χ0n) is 10.2. The zero-order chi connectivity index (χ0) is 12.5. The second kappa shape index (κ2) is 7.81. The molecule has 0 saturated heterocycles. The number of nitrogens with one attached hydrogen (secondary N) is 1. The molecule has 0 unspecified atom stereocenters. The summed E-state index contributed by atoms with van der Waals surface area (Å²) < 4.78 is 4.90. The molecule has 0 aliphatic heterocycles. The summed E-state index contributed by atoms with van der Waals surface area (Å²) in [6.45, 7) is 1.86. The van der Waals surface area contributed by atoms with Crippen LogP contribution < -0.4 is 11.1 Å². The molecule has 0 saturated carbocycles. The molecule has 0 aliphatic carbocycles. The van der Waals surface area contributed by atoms with E-state index >= 15 is 0 Å². The molecule has 1 amide bonds. The maximum absolute atomic E-state index is 11.6. The van der Waals surface area contributed by atoms with Crippen molar-refractivity contribution in [2.24, 2.45) is 5.73 Å². The van der Waals surface area contributed by atoms with E-state index in [0.29, 0.717) is 26.1 Å². The van der Waals surface area contributed by atoms with E-state index in [1.807, 2.05) is 24.3 Å². The lowest BCUT2D eigenvalue weighted by Crippen LogP contribution is -2.26. The number of carbonyl (C=O) groups excluding carboxylic acids is 1. The van der Waals surface area contributed by atoms with Gasteiger partial charge in [0.2, 0.25) is 5.91 Å². The molecule has 0 spiro atoms. The Morgan fingerprint density at radius 2 is 1.94 bits per heavy atom. The summed E-state index contributed by atoms with van der Waals surface area (Å²) in [5.41, 5.74) is 7.59. The first-order valence-electron chi connectivity index (χ1n) is 5.79. The highest BCUT2D eigenvalue weighted by Gasteiger charge is 2.02. The molecular weight excluding hydrogens is 216 g/mol. The summed E-state index contributed by atoms with van der Waals surface area (Å²) in [6, 6.07) is 7.79. The minimum Gasteiger partial charge on any atom is -0.385 e. The maximum atomic E-state index is 11.6. The van der Waals surface area contributed by atoms with Gasteiger partial charge in [0.05, 0.1) is 6.42 Å². The van der Waals surface area contributed by atoms with Crippen LogP contribution in [0.4, 0.5) is 0 Å². The van der Waals surface area contributed by atoms with Crippen LogP contribution in [0, 0.1) is 0 Å². The molecule has 0 atom stereocenters. The smallest absolute Gasteiger partial charge is 0.224 e. The fourth-order valence-corrected chi connectivity index (χ4v) is 1.49. The van der Waals surface area contributed by atoms with Gasteiger partial charge in [-0.15, -0.1) is 0 Å². The molecule has 1 aromatic rings. The SMILES string of the molecule is COCCCNC(=O)Cc1ccc(CN)cc1. The van der Waals surface area contributed by atoms with Gasteiger partial charge in [-0.05, 0) is 17.5 Å². The van der Waals surface area contributed by atoms with Crippen LogP contribution >= 0.6 is 0 Å². The van der Waals surface area contributed by atoms with Gasteiger partial charge >= 0.3 is 0 Å². The Morgan fingerprint density at radius 1 is 1.29 bits per heavy atom. The molecule has 0 bridgehead atoms. The van der Waals surface area contributed by atoms with Crippen molar-refractivity contribution < 1.29 is 9.53 Å². The summed E-state index contributed by atoms with van der Waals surface area (Å²) in [4.78, 5) is 11.6. The van der Waals surface area contributed by atoms with Gasteiger partial charge in [0.25, 0.3) is 0 Å². The lowest BCUT2D eigenvalue weighted by atomic mass is 10.1. The van der Waals surface area contributed by atoms with Crippen LogP contribution in [0.2, 0.25) is 0 Å². The first-order valence-corrected chi connectivity index (χ1v) is 5.79. The molecule has 0 heterocycles. The third-order valence-electron chi connectivity index (χ3n) is 2.47. The zero-order valence-corrected chi connectivity index (χ0v) is 10.2. The van der Waals surface area contributed by atoms with Gasteiger partial charge in [0.1, 0.15) is 0 Å². The van der Waals surface area contributed by atoms with Gasteiger partial charge in [-0.3, -0.25) is 4.79 Å². The molecule has 1 aromatic carbocycles. The van der Waals surface area contributed by atoms with Crippen LogP contribution in [-0.4, -0.2) is 26.2 Å². The standard InChI is InChI=1S/C13H20N2O2/c1-17-8-2-7-15-13(16)9-11-3-5-12(10-14)6-4-11/h3-6H,2,7-10,14H2,1H3,(H,15,16). The third kappa shape index (κ3) is 5.47. The number of hydrogen-bond acceptors (Lipinski definition) is 3. The van der Waals surface area contributed by atoms with E-state index in [0.717, 1.165) is 17.5 Å². The van der Waals surface area contributed by atoms with Crippen LogP contribution in [-0.2, 0) is 22.5 Å². The second-order valence-electron chi connectivity index (χ2n) is 3.89. The van der Waals surface area contributed by atoms with E-state index < -0.39 is 0 Å². The molecule has 1 rings (SSSR count). The van der Waals surface area contributed by atoms with Crippen molar-refractivity contribution in [2.75, 3.05) is 20.3 Å². The summed E-state index contributed by atoms with van der Waals surface area (Å²) >= 11 is 0.